The minimum absolute atomic E-state index is 0.158. The van der Waals surface area contributed by atoms with Crippen LogP contribution in [0.3, 0.4) is 0 Å². The van der Waals surface area contributed by atoms with E-state index in [-0.39, 0.29) is 19.1 Å². The molecule has 1 saturated carbocycles. The Balaban J connectivity index is 1.14. The van der Waals surface area contributed by atoms with E-state index in [2.05, 4.69) is 32.3 Å². The van der Waals surface area contributed by atoms with Crippen molar-refractivity contribution in [3.63, 3.8) is 0 Å². The predicted octanol–water partition coefficient (Wildman–Crippen LogP) is 4.26. The van der Waals surface area contributed by atoms with Crippen LogP contribution in [0.4, 0.5) is 11.6 Å². The number of β-amino-alcohol motifs (C(OH)–C–C–N with tert-alkyl or cyclic N) is 1. The summed E-state index contributed by atoms with van der Waals surface area (Å²) in [6, 6.07) is 7.92. The van der Waals surface area contributed by atoms with Gasteiger partial charge in [0, 0.05) is 51.4 Å². The van der Waals surface area contributed by atoms with Gasteiger partial charge in [-0.05, 0) is 61.4 Å². The number of pyridine rings is 1. The molecule has 1 aliphatic carbocycles. The zero-order valence-electron chi connectivity index (χ0n) is 23.7. The van der Waals surface area contributed by atoms with E-state index in [4.69, 9.17) is 25.7 Å². The second kappa shape index (κ2) is 13.5. The first-order chi connectivity index (χ1) is 19.9. The lowest BCUT2D eigenvalue weighted by Crippen LogP contribution is -2.42. The smallest absolute Gasteiger partial charge is 0.251 e. The van der Waals surface area contributed by atoms with E-state index in [1.165, 1.54) is 12.8 Å². The number of oxazole rings is 1. The van der Waals surface area contributed by atoms with E-state index in [9.17, 15) is 9.90 Å². The highest BCUT2D eigenvalue weighted by atomic mass is 35.5. The second-order valence-corrected chi connectivity index (χ2v) is 11.3. The number of fused-ring (bicyclic) bond motifs is 1. The van der Waals surface area contributed by atoms with Gasteiger partial charge in [-0.1, -0.05) is 24.6 Å². The average Bonchev–Trinajstić information content (AvgIpc) is 3.47. The fraction of sp³-hybridized carbons (Fsp3) is 0.500. The zero-order chi connectivity index (χ0) is 28.8. The summed E-state index contributed by atoms with van der Waals surface area (Å²) in [7, 11) is 1.99. The van der Waals surface area contributed by atoms with Gasteiger partial charge in [0.1, 0.15) is 24.0 Å². The van der Waals surface area contributed by atoms with E-state index in [1.54, 1.807) is 12.3 Å². The van der Waals surface area contributed by atoms with E-state index >= 15 is 0 Å². The number of carbonyl (C=O) groups excluding carboxylic acids is 1. The van der Waals surface area contributed by atoms with Crippen LogP contribution in [-0.4, -0.2) is 71.3 Å². The summed E-state index contributed by atoms with van der Waals surface area (Å²) in [5.74, 6) is 2.51. The Bertz CT molecular complexity index is 1320. The lowest BCUT2D eigenvalue weighted by molar-refractivity contribution is 0.0841. The van der Waals surface area contributed by atoms with Crippen LogP contribution in [0.2, 0.25) is 5.02 Å². The summed E-state index contributed by atoms with van der Waals surface area (Å²) in [5.41, 5.74) is 2.71. The third-order valence-electron chi connectivity index (χ3n) is 7.68. The molecule has 2 aromatic heterocycles. The topological polar surface area (TPSA) is 116 Å². The van der Waals surface area contributed by atoms with Crippen LogP contribution >= 0.6 is 11.6 Å². The quantitative estimate of drug-likeness (QED) is 0.272. The van der Waals surface area contributed by atoms with Crippen LogP contribution in [-0.2, 0) is 19.6 Å². The molecule has 0 saturated heterocycles. The van der Waals surface area contributed by atoms with E-state index in [0.29, 0.717) is 41.2 Å². The van der Waals surface area contributed by atoms with Gasteiger partial charge < -0.3 is 29.8 Å². The molecule has 10 nitrogen and oxygen atoms in total. The molecule has 0 unspecified atom stereocenters. The minimum Gasteiger partial charge on any atom is -0.484 e. The summed E-state index contributed by atoms with van der Waals surface area (Å²) in [6.07, 6.45) is 7.46. The number of aliphatic hydroxyl groups is 1. The van der Waals surface area contributed by atoms with Gasteiger partial charge in [0.15, 0.2) is 12.2 Å². The molecule has 5 rings (SSSR count). The summed E-state index contributed by atoms with van der Waals surface area (Å²) in [5, 5.41) is 17.8. The third-order valence-corrected chi connectivity index (χ3v) is 8.09. The van der Waals surface area contributed by atoms with Crippen LogP contribution in [0.1, 0.15) is 59.9 Å². The number of nitrogens with zero attached hydrogens (tertiary/aromatic N) is 4. The Kier molecular flexibility index (Phi) is 9.64. The Morgan fingerprint density at radius 1 is 1.34 bits per heavy atom. The van der Waals surface area contributed by atoms with Gasteiger partial charge in [0.05, 0.1) is 17.3 Å². The highest BCUT2D eigenvalue weighted by Crippen LogP contribution is 2.34. The SMILES string of the molecule is CCCN(C)c1cc(C(=O)NC[C@H](O)CN2CCc3c(ccc(OCc4cnco4)c3Cl)C2)cc(NC2CCC2)n1. The maximum Gasteiger partial charge on any atom is 0.251 e. The van der Waals surface area contributed by atoms with E-state index in [0.717, 1.165) is 61.5 Å². The van der Waals surface area contributed by atoms with Crippen molar-refractivity contribution in [2.24, 2.45) is 0 Å². The fourth-order valence-corrected chi connectivity index (χ4v) is 5.51. The molecule has 1 atom stereocenters. The Hall–Kier alpha value is -3.34. The molecule has 0 bridgehead atoms. The molecule has 41 heavy (non-hydrogen) atoms. The molecule has 1 fully saturated rings. The maximum absolute atomic E-state index is 13.1. The highest BCUT2D eigenvalue weighted by molar-refractivity contribution is 6.33. The van der Waals surface area contributed by atoms with Gasteiger partial charge in [0.25, 0.3) is 5.91 Å². The first-order valence-electron chi connectivity index (χ1n) is 14.4. The summed E-state index contributed by atoms with van der Waals surface area (Å²) in [4.78, 5) is 26.0. The first kappa shape index (κ1) is 29.2. The molecule has 0 radical (unpaired) electrons. The van der Waals surface area contributed by atoms with Crippen molar-refractivity contribution in [3.05, 3.63) is 64.3 Å². The van der Waals surface area contributed by atoms with Crippen molar-refractivity contribution in [2.45, 2.75) is 64.3 Å². The number of hydrogen-bond donors (Lipinski definition) is 3. The van der Waals surface area contributed by atoms with Crippen molar-refractivity contribution in [1.82, 2.24) is 20.2 Å². The van der Waals surface area contributed by atoms with Crippen molar-refractivity contribution in [2.75, 3.05) is 43.4 Å². The zero-order valence-corrected chi connectivity index (χ0v) is 24.5. The average molecular weight is 583 g/mol. The highest BCUT2D eigenvalue weighted by Gasteiger charge is 2.24. The number of nitrogens with one attached hydrogen (secondary N) is 2. The van der Waals surface area contributed by atoms with Gasteiger partial charge in [0.2, 0.25) is 0 Å². The van der Waals surface area contributed by atoms with Crippen LogP contribution in [0.25, 0.3) is 0 Å². The molecule has 0 spiro atoms. The number of hydrogen-bond acceptors (Lipinski definition) is 9. The van der Waals surface area contributed by atoms with Crippen molar-refractivity contribution < 1.29 is 19.1 Å². The molecule has 220 valence electrons. The van der Waals surface area contributed by atoms with Crippen LogP contribution < -0.4 is 20.3 Å². The lowest BCUT2D eigenvalue weighted by atomic mass is 9.93. The molecule has 1 amide bonds. The number of aliphatic hydroxyl groups excluding tert-OH is 1. The Morgan fingerprint density at radius 3 is 2.93 bits per heavy atom. The van der Waals surface area contributed by atoms with Crippen LogP contribution in [0.5, 0.6) is 5.75 Å². The number of ether oxygens (including phenoxy) is 1. The largest absolute Gasteiger partial charge is 0.484 e. The number of rotatable bonds is 13. The number of aromatic nitrogens is 2. The number of benzene rings is 1. The van der Waals surface area contributed by atoms with Crippen molar-refractivity contribution in [1.29, 1.82) is 0 Å². The van der Waals surface area contributed by atoms with Crippen molar-refractivity contribution in [3.8, 4) is 5.75 Å². The standard InChI is InChI=1S/C30H39ClN6O4/c1-3-10-36(2)28-13-21(12-27(35-28)34-22-5-4-6-22)30(39)33-14-23(38)17-37-11-9-25-20(16-37)7-8-26(29(25)31)40-18-24-15-32-19-41-24/h7-8,12-13,15,19,22-23,38H,3-6,9-11,14,16-18H2,1-2H3,(H,33,39)(H,34,35)/t23-/m0/s1. The monoisotopic (exact) mass is 582 g/mol. The van der Waals surface area contributed by atoms with Gasteiger partial charge in [-0.15, -0.1) is 0 Å². The number of carbonyl (C=O) groups is 1. The molecular formula is C30H39ClN6O4. The molecule has 11 heteroatoms. The Labute approximate surface area is 246 Å². The number of halogens is 1. The third kappa shape index (κ3) is 7.49. The second-order valence-electron chi connectivity index (χ2n) is 10.9. The molecule has 2 aliphatic rings. The maximum atomic E-state index is 13.1. The molecular weight excluding hydrogens is 544 g/mol. The summed E-state index contributed by atoms with van der Waals surface area (Å²) < 4.78 is 11.1. The van der Waals surface area contributed by atoms with Crippen molar-refractivity contribution >= 4 is 29.1 Å². The van der Waals surface area contributed by atoms with Gasteiger partial charge >= 0.3 is 0 Å². The predicted molar refractivity (Wildman–Crippen MR) is 159 cm³/mol. The molecule has 3 aromatic rings. The van der Waals surface area contributed by atoms with Crippen LogP contribution in [0.15, 0.2) is 41.3 Å². The normalized spacial score (nSPS) is 16.0. The molecule has 1 aliphatic heterocycles. The minimum atomic E-state index is -0.711. The summed E-state index contributed by atoms with van der Waals surface area (Å²) in [6.45, 7) is 5.23. The molecule has 1 aromatic carbocycles. The summed E-state index contributed by atoms with van der Waals surface area (Å²) >= 11 is 6.66. The van der Waals surface area contributed by atoms with Gasteiger partial charge in [-0.3, -0.25) is 9.69 Å². The van der Waals surface area contributed by atoms with E-state index < -0.39 is 6.10 Å². The number of anilines is 2. The Morgan fingerprint density at radius 2 is 2.20 bits per heavy atom. The molecule has 3 heterocycles. The fourth-order valence-electron chi connectivity index (χ4n) is 5.18. The van der Waals surface area contributed by atoms with Gasteiger partial charge in [-0.2, -0.15) is 0 Å². The molecule has 3 N–H and O–H groups in total. The van der Waals surface area contributed by atoms with E-state index in [1.807, 2.05) is 25.2 Å². The van der Waals surface area contributed by atoms with Crippen LogP contribution in [0, 0.1) is 0 Å². The lowest BCUT2D eigenvalue weighted by Gasteiger charge is -2.31. The number of amides is 1. The first-order valence-corrected chi connectivity index (χ1v) is 14.8. The van der Waals surface area contributed by atoms with Gasteiger partial charge in [-0.25, -0.2) is 9.97 Å².